The number of ether oxygens (including phenoxy) is 1. The number of methoxy groups -OCH3 is 1. The number of non-ortho nitro benzene ring substituents is 1. The number of likely N-dealkylation sites (tertiary alicyclic amines) is 1. The number of hydrogen-bond donors (Lipinski definition) is 0. The van der Waals surface area contributed by atoms with Crippen LogP contribution in [0.4, 0.5) is 11.4 Å². The summed E-state index contributed by atoms with van der Waals surface area (Å²) >= 11 is 0. The van der Waals surface area contributed by atoms with Crippen molar-refractivity contribution in [1.82, 2.24) is 4.90 Å². The highest BCUT2D eigenvalue weighted by Gasteiger charge is 2.64. The second kappa shape index (κ2) is 8.18. The SMILES string of the molecule is COCCN1C(=O)[C@@H]2[C@H](C1=O)[C@@H](C(=O)c1cccc([N+](=O)[O-])c1)N1c3ccccc3C(C)=C[C@@H]21. The minimum absolute atomic E-state index is 0.116. The van der Waals surface area contributed by atoms with E-state index in [9.17, 15) is 24.5 Å². The number of fused-ring (bicyclic) bond motifs is 5. The van der Waals surface area contributed by atoms with Gasteiger partial charge >= 0.3 is 0 Å². The summed E-state index contributed by atoms with van der Waals surface area (Å²) in [6.45, 7) is 2.27. The lowest BCUT2D eigenvalue weighted by Gasteiger charge is -2.38. The number of carbonyl (C=O) groups excluding carboxylic acids is 3. The van der Waals surface area contributed by atoms with E-state index >= 15 is 0 Å². The predicted octanol–water partition coefficient (Wildman–Crippen LogP) is 2.70. The molecule has 174 valence electrons. The van der Waals surface area contributed by atoms with Crippen LogP contribution in [0.15, 0.2) is 54.6 Å². The van der Waals surface area contributed by atoms with Crippen molar-refractivity contribution in [3.63, 3.8) is 0 Å². The minimum atomic E-state index is -0.966. The number of Topliss-reactive ketones (excluding diaryl/α,β-unsaturated/α-hetero) is 1. The standard InChI is InChI=1S/C25H23N3O6/c1-14-12-19-20-21(25(31)26(24(20)30)10-11-34-2)22(27(19)18-9-4-3-8-17(14)18)23(29)15-6-5-7-16(13-15)28(32)33/h3-9,12-13,19-22H,10-11H2,1-2H3/t19-,20-,21-,22-/m0/s1. The van der Waals surface area contributed by atoms with E-state index in [1.54, 1.807) is 0 Å². The number of hydrogen-bond acceptors (Lipinski definition) is 7. The zero-order valence-corrected chi connectivity index (χ0v) is 18.7. The van der Waals surface area contributed by atoms with Crippen LogP contribution in [-0.4, -0.2) is 59.8 Å². The van der Waals surface area contributed by atoms with Crippen LogP contribution in [0.3, 0.4) is 0 Å². The number of amides is 2. The largest absolute Gasteiger partial charge is 0.383 e. The van der Waals surface area contributed by atoms with E-state index in [1.165, 1.54) is 36.3 Å². The van der Waals surface area contributed by atoms with E-state index in [2.05, 4.69) is 0 Å². The number of ketones is 1. The molecule has 0 aromatic heterocycles. The highest BCUT2D eigenvalue weighted by molar-refractivity contribution is 6.14. The van der Waals surface area contributed by atoms with E-state index in [0.29, 0.717) is 0 Å². The molecule has 2 amide bonds. The molecular weight excluding hydrogens is 438 g/mol. The summed E-state index contributed by atoms with van der Waals surface area (Å²) in [4.78, 5) is 54.6. The fraction of sp³-hybridized carbons (Fsp3) is 0.320. The third kappa shape index (κ3) is 3.15. The van der Waals surface area contributed by atoms with Crippen LogP contribution < -0.4 is 4.90 Å². The molecule has 2 saturated heterocycles. The van der Waals surface area contributed by atoms with Gasteiger partial charge in [0, 0.05) is 36.1 Å². The summed E-state index contributed by atoms with van der Waals surface area (Å²) in [5.41, 5.74) is 2.59. The van der Waals surface area contributed by atoms with Crippen LogP contribution in [0.1, 0.15) is 22.8 Å². The van der Waals surface area contributed by atoms with Crippen molar-refractivity contribution in [2.75, 3.05) is 25.2 Å². The van der Waals surface area contributed by atoms with Gasteiger partial charge in [0.05, 0.1) is 36.0 Å². The number of nitrogens with zero attached hydrogens (tertiary/aromatic N) is 3. The lowest BCUT2D eigenvalue weighted by Crippen LogP contribution is -2.49. The molecule has 0 aliphatic carbocycles. The van der Waals surface area contributed by atoms with Crippen LogP contribution >= 0.6 is 0 Å². The zero-order chi connectivity index (χ0) is 24.1. The van der Waals surface area contributed by atoms with Crippen LogP contribution in [0, 0.1) is 22.0 Å². The Balaban J connectivity index is 1.65. The summed E-state index contributed by atoms with van der Waals surface area (Å²) in [7, 11) is 1.49. The summed E-state index contributed by atoms with van der Waals surface area (Å²) in [5, 5.41) is 11.3. The molecule has 3 heterocycles. The molecule has 3 aliphatic heterocycles. The second-order valence-corrected chi connectivity index (χ2v) is 8.75. The zero-order valence-electron chi connectivity index (χ0n) is 18.7. The maximum absolute atomic E-state index is 13.9. The van der Waals surface area contributed by atoms with Crippen molar-refractivity contribution in [2.24, 2.45) is 11.8 Å². The Morgan fingerprint density at radius 3 is 2.56 bits per heavy atom. The van der Waals surface area contributed by atoms with Gasteiger partial charge in [0.15, 0.2) is 5.78 Å². The average Bonchev–Trinajstić information content (AvgIpc) is 3.30. The summed E-state index contributed by atoms with van der Waals surface area (Å²) < 4.78 is 5.07. The Labute approximate surface area is 195 Å². The molecule has 0 bridgehead atoms. The average molecular weight is 461 g/mol. The number of nitro groups is 1. The molecule has 0 N–H and O–H groups in total. The number of nitro benzene ring substituents is 1. The number of para-hydroxylation sites is 1. The molecule has 9 nitrogen and oxygen atoms in total. The normalized spacial score (nSPS) is 25.1. The highest BCUT2D eigenvalue weighted by atomic mass is 16.6. The van der Waals surface area contributed by atoms with Gasteiger partial charge in [0.1, 0.15) is 6.04 Å². The van der Waals surface area contributed by atoms with Crippen molar-refractivity contribution >= 4 is 34.5 Å². The van der Waals surface area contributed by atoms with Gasteiger partial charge in [-0.25, -0.2) is 0 Å². The van der Waals surface area contributed by atoms with E-state index in [1.807, 2.05) is 42.2 Å². The van der Waals surface area contributed by atoms with Gasteiger partial charge in [0.25, 0.3) is 5.69 Å². The monoisotopic (exact) mass is 461 g/mol. The van der Waals surface area contributed by atoms with E-state index in [4.69, 9.17) is 4.74 Å². The predicted molar refractivity (Wildman–Crippen MR) is 123 cm³/mol. The Hall–Kier alpha value is -3.85. The topological polar surface area (TPSA) is 110 Å². The first-order valence-corrected chi connectivity index (χ1v) is 11.0. The molecular formula is C25H23N3O6. The number of imide groups is 1. The first-order chi connectivity index (χ1) is 16.3. The molecule has 2 fully saturated rings. The third-order valence-corrected chi connectivity index (χ3v) is 6.98. The molecule has 2 aromatic carbocycles. The molecule has 0 unspecified atom stereocenters. The van der Waals surface area contributed by atoms with Crippen molar-refractivity contribution in [3.05, 3.63) is 75.8 Å². The molecule has 0 spiro atoms. The Kier molecular flexibility index (Phi) is 5.28. The van der Waals surface area contributed by atoms with Crippen molar-refractivity contribution in [3.8, 4) is 0 Å². The third-order valence-electron chi connectivity index (χ3n) is 6.98. The van der Waals surface area contributed by atoms with Gasteiger partial charge in [0.2, 0.25) is 11.8 Å². The summed E-state index contributed by atoms with van der Waals surface area (Å²) in [5.74, 6) is -2.76. The van der Waals surface area contributed by atoms with E-state index in [-0.39, 0.29) is 30.3 Å². The summed E-state index contributed by atoms with van der Waals surface area (Å²) in [6.07, 6.45) is 1.95. The maximum atomic E-state index is 13.9. The quantitative estimate of drug-likeness (QED) is 0.282. The van der Waals surface area contributed by atoms with Crippen LogP contribution in [0.5, 0.6) is 0 Å². The second-order valence-electron chi connectivity index (χ2n) is 8.75. The fourth-order valence-electron chi connectivity index (χ4n) is 5.51. The maximum Gasteiger partial charge on any atom is 0.270 e. The van der Waals surface area contributed by atoms with Crippen LogP contribution in [0.2, 0.25) is 0 Å². The van der Waals surface area contributed by atoms with Crippen LogP contribution in [-0.2, 0) is 14.3 Å². The van der Waals surface area contributed by atoms with Gasteiger partial charge < -0.3 is 9.64 Å². The van der Waals surface area contributed by atoms with Crippen molar-refractivity contribution < 1.29 is 24.0 Å². The molecule has 0 saturated carbocycles. The number of rotatable bonds is 6. The van der Waals surface area contributed by atoms with E-state index < -0.39 is 40.5 Å². The highest BCUT2D eigenvalue weighted by Crippen LogP contribution is 2.50. The first kappa shape index (κ1) is 22.0. The van der Waals surface area contributed by atoms with Gasteiger partial charge in [-0.2, -0.15) is 0 Å². The molecule has 4 atom stereocenters. The minimum Gasteiger partial charge on any atom is -0.383 e. The Morgan fingerprint density at radius 2 is 1.82 bits per heavy atom. The van der Waals surface area contributed by atoms with Gasteiger partial charge in [-0.3, -0.25) is 29.4 Å². The number of carbonyl (C=O) groups is 3. The van der Waals surface area contributed by atoms with Gasteiger partial charge in [-0.05, 0) is 18.6 Å². The Morgan fingerprint density at radius 1 is 1.09 bits per heavy atom. The molecule has 0 radical (unpaired) electrons. The lowest BCUT2D eigenvalue weighted by molar-refractivity contribution is -0.384. The molecule has 2 aromatic rings. The molecule has 3 aliphatic rings. The van der Waals surface area contributed by atoms with E-state index in [0.717, 1.165) is 16.8 Å². The molecule has 5 rings (SSSR count). The Bertz CT molecular complexity index is 1250. The molecule has 34 heavy (non-hydrogen) atoms. The number of anilines is 1. The van der Waals surface area contributed by atoms with Gasteiger partial charge in [-0.1, -0.05) is 36.4 Å². The number of benzene rings is 2. The summed E-state index contributed by atoms with van der Waals surface area (Å²) in [6, 6.07) is 11.6. The number of allylic oxidation sites excluding steroid dienone is 1. The molecule has 9 heteroatoms. The van der Waals surface area contributed by atoms with Crippen LogP contribution in [0.25, 0.3) is 5.57 Å². The van der Waals surface area contributed by atoms with Gasteiger partial charge in [-0.15, -0.1) is 0 Å². The lowest BCUT2D eigenvalue weighted by atomic mass is 9.85. The van der Waals surface area contributed by atoms with Crippen molar-refractivity contribution in [2.45, 2.75) is 19.0 Å². The fourth-order valence-corrected chi connectivity index (χ4v) is 5.51. The smallest absolute Gasteiger partial charge is 0.270 e. The first-order valence-electron chi connectivity index (χ1n) is 11.0. The van der Waals surface area contributed by atoms with Crippen molar-refractivity contribution in [1.29, 1.82) is 0 Å².